The van der Waals surface area contributed by atoms with Crippen molar-refractivity contribution in [2.75, 3.05) is 4.90 Å². The van der Waals surface area contributed by atoms with Crippen LogP contribution in [0, 0.1) is 0 Å². The number of rotatable bonds is 1. The van der Waals surface area contributed by atoms with E-state index in [4.69, 9.17) is 11.6 Å². The molecule has 0 spiro atoms. The molecule has 0 radical (unpaired) electrons. The van der Waals surface area contributed by atoms with Crippen LogP contribution in [0.3, 0.4) is 0 Å². The Morgan fingerprint density at radius 2 is 1.33 bits per heavy atom. The molecule has 0 atom stereocenters. The Morgan fingerprint density at radius 1 is 0.583 bits per heavy atom. The zero-order valence-electron chi connectivity index (χ0n) is 12.9. The highest BCUT2D eigenvalue weighted by atomic mass is 35.5. The molecule has 1 heterocycles. The Kier molecular flexibility index (Phi) is 2.91. The molecule has 0 bridgehead atoms. The highest BCUT2D eigenvalue weighted by Crippen LogP contribution is 2.51. The summed E-state index contributed by atoms with van der Waals surface area (Å²) in [6, 6.07) is 29.5. The molecule has 0 N–H and O–H groups in total. The highest BCUT2D eigenvalue weighted by molar-refractivity contribution is 6.37. The van der Waals surface area contributed by atoms with Crippen molar-refractivity contribution in [3.05, 3.63) is 90.0 Å². The number of anilines is 3. The molecule has 4 aromatic carbocycles. The summed E-state index contributed by atoms with van der Waals surface area (Å²) in [5.74, 6) is 0. The Balaban J connectivity index is 1.96. The molecule has 5 rings (SSSR count). The lowest BCUT2D eigenvalue weighted by molar-refractivity contribution is 1.28. The standard InChI is InChI=1S/C22H14ClN/c23-19-14-13-17-16-9-4-5-11-20(16)24(15-7-2-1-3-8-15)21-12-6-10-18(19)22(17)21/h1-14H. The van der Waals surface area contributed by atoms with Gasteiger partial charge in [0, 0.05) is 27.0 Å². The number of hydrogen-bond acceptors (Lipinski definition) is 1. The summed E-state index contributed by atoms with van der Waals surface area (Å²) in [4.78, 5) is 2.32. The molecule has 1 aliphatic heterocycles. The van der Waals surface area contributed by atoms with Gasteiger partial charge in [-0.2, -0.15) is 0 Å². The number of hydrogen-bond donors (Lipinski definition) is 0. The summed E-state index contributed by atoms with van der Waals surface area (Å²) in [6.07, 6.45) is 0. The lowest BCUT2D eigenvalue weighted by Gasteiger charge is -2.33. The molecule has 2 heteroatoms. The first kappa shape index (κ1) is 13.6. The van der Waals surface area contributed by atoms with E-state index in [1.54, 1.807) is 0 Å². The minimum Gasteiger partial charge on any atom is -0.309 e. The fourth-order valence-electron chi connectivity index (χ4n) is 3.64. The van der Waals surface area contributed by atoms with Gasteiger partial charge in [0.25, 0.3) is 0 Å². The summed E-state index contributed by atoms with van der Waals surface area (Å²) < 4.78 is 0. The maximum absolute atomic E-state index is 6.48. The van der Waals surface area contributed by atoms with Gasteiger partial charge in [0.05, 0.1) is 11.4 Å². The average molecular weight is 328 g/mol. The number of halogens is 1. The van der Waals surface area contributed by atoms with E-state index < -0.39 is 0 Å². The van der Waals surface area contributed by atoms with Crippen molar-refractivity contribution in [3.8, 4) is 11.1 Å². The number of fused-ring (bicyclic) bond motifs is 2. The van der Waals surface area contributed by atoms with E-state index >= 15 is 0 Å². The summed E-state index contributed by atoms with van der Waals surface area (Å²) in [5, 5.41) is 3.11. The van der Waals surface area contributed by atoms with Crippen LogP contribution >= 0.6 is 11.6 Å². The minimum absolute atomic E-state index is 0.794. The van der Waals surface area contributed by atoms with E-state index in [2.05, 4.69) is 77.7 Å². The predicted octanol–water partition coefficient (Wildman–Crippen LogP) is 6.94. The fraction of sp³-hybridized carbons (Fsp3) is 0. The van der Waals surface area contributed by atoms with E-state index in [9.17, 15) is 0 Å². The molecule has 0 saturated heterocycles. The van der Waals surface area contributed by atoms with Crippen LogP contribution in [-0.2, 0) is 0 Å². The lowest BCUT2D eigenvalue weighted by Crippen LogP contribution is -2.14. The molecule has 0 amide bonds. The van der Waals surface area contributed by atoms with Crippen LogP contribution in [0.15, 0.2) is 84.9 Å². The molecule has 1 aliphatic rings. The summed E-state index contributed by atoms with van der Waals surface area (Å²) in [7, 11) is 0. The van der Waals surface area contributed by atoms with E-state index in [0.29, 0.717) is 0 Å². The van der Waals surface area contributed by atoms with Gasteiger partial charge in [-0.3, -0.25) is 0 Å². The zero-order valence-corrected chi connectivity index (χ0v) is 13.7. The maximum Gasteiger partial charge on any atom is 0.0547 e. The minimum atomic E-state index is 0.794. The molecular weight excluding hydrogens is 314 g/mol. The predicted molar refractivity (Wildman–Crippen MR) is 103 cm³/mol. The zero-order chi connectivity index (χ0) is 16.1. The van der Waals surface area contributed by atoms with Crippen LogP contribution in [-0.4, -0.2) is 0 Å². The summed E-state index contributed by atoms with van der Waals surface area (Å²) >= 11 is 6.48. The second-order valence-corrected chi connectivity index (χ2v) is 6.39. The highest BCUT2D eigenvalue weighted by Gasteiger charge is 2.25. The quantitative estimate of drug-likeness (QED) is 0.322. The summed E-state index contributed by atoms with van der Waals surface area (Å²) in [5.41, 5.74) is 6.01. The van der Waals surface area contributed by atoms with Crippen LogP contribution < -0.4 is 4.90 Å². The van der Waals surface area contributed by atoms with Gasteiger partial charge >= 0.3 is 0 Å². The smallest absolute Gasteiger partial charge is 0.0547 e. The molecule has 0 saturated carbocycles. The SMILES string of the molecule is Clc1ccc2c3c(cccc13)N(c1ccccc1)c1ccccc1-2. The molecule has 0 aromatic heterocycles. The van der Waals surface area contributed by atoms with Crippen LogP contribution in [0.25, 0.3) is 21.9 Å². The first-order valence-electron chi connectivity index (χ1n) is 8.00. The van der Waals surface area contributed by atoms with Crippen molar-refractivity contribution in [2.45, 2.75) is 0 Å². The molecule has 114 valence electrons. The van der Waals surface area contributed by atoms with Crippen LogP contribution in [0.5, 0.6) is 0 Å². The molecule has 0 unspecified atom stereocenters. The van der Waals surface area contributed by atoms with Gasteiger partial charge in [-0.05, 0) is 35.9 Å². The normalized spacial score (nSPS) is 12.3. The van der Waals surface area contributed by atoms with Gasteiger partial charge in [-0.25, -0.2) is 0 Å². The first-order valence-corrected chi connectivity index (χ1v) is 8.38. The summed E-state index contributed by atoms with van der Waals surface area (Å²) in [6.45, 7) is 0. The van der Waals surface area contributed by atoms with Crippen LogP contribution in [0.4, 0.5) is 17.1 Å². The van der Waals surface area contributed by atoms with E-state index in [0.717, 1.165) is 16.1 Å². The Labute approximate surface area is 145 Å². The number of nitrogens with zero attached hydrogens (tertiary/aromatic N) is 1. The van der Waals surface area contributed by atoms with Gasteiger partial charge in [-0.1, -0.05) is 66.2 Å². The molecule has 24 heavy (non-hydrogen) atoms. The fourth-order valence-corrected chi connectivity index (χ4v) is 3.86. The third-order valence-electron chi connectivity index (χ3n) is 4.66. The Morgan fingerprint density at radius 3 is 2.21 bits per heavy atom. The van der Waals surface area contributed by atoms with Crippen molar-refractivity contribution in [2.24, 2.45) is 0 Å². The number of benzene rings is 4. The van der Waals surface area contributed by atoms with Crippen LogP contribution in [0.2, 0.25) is 5.02 Å². The van der Waals surface area contributed by atoms with E-state index in [-0.39, 0.29) is 0 Å². The van der Waals surface area contributed by atoms with Crippen molar-refractivity contribution in [1.82, 2.24) is 0 Å². The van der Waals surface area contributed by atoms with Gasteiger partial charge in [0.1, 0.15) is 0 Å². The molecular formula is C22H14ClN. The third-order valence-corrected chi connectivity index (χ3v) is 4.99. The molecule has 1 nitrogen and oxygen atoms in total. The Bertz CT molecular complexity index is 1070. The monoisotopic (exact) mass is 327 g/mol. The van der Waals surface area contributed by atoms with Gasteiger partial charge < -0.3 is 4.90 Å². The number of para-hydroxylation sites is 2. The van der Waals surface area contributed by atoms with Gasteiger partial charge in [0.2, 0.25) is 0 Å². The Hall–Kier alpha value is -2.77. The van der Waals surface area contributed by atoms with Crippen molar-refractivity contribution >= 4 is 39.4 Å². The van der Waals surface area contributed by atoms with Gasteiger partial charge in [0.15, 0.2) is 0 Å². The van der Waals surface area contributed by atoms with Gasteiger partial charge in [-0.15, -0.1) is 0 Å². The van der Waals surface area contributed by atoms with Crippen molar-refractivity contribution in [3.63, 3.8) is 0 Å². The van der Waals surface area contributed by atoms with E-state index in [1.807, 2.05) is 12.1 Å². The van der Waals surface area contributed by atoms with Crippen molar-refractivity contribution < 1.29 is 0 Å². The molecule has 0 fully saturated rings. The lowest BCUT2D eigenvalue weighted by atomic mass is 9.91. The second kappa shape index (κ2) is 5.12. The molecule has 4 aromatic rings. The van der Waals surface area contributed by atoms with Crippen LogP contribution in [0.1, 0.15) is 0 Å². The first-order chi connectivity index (χ1) is 11.8. The third kappa shape index (κ3) is 1.82. The molecule has 0 aliphatic carbocycles. The average Bonchev–Trinajstić information content (AvgIpc) is 2.65. The maximum atomic E-state index is 6.48. The largest absolute Gasteiger partial charge is 0.309 e. The topological polar surface area (TPSA) is 3.24 Å². The van der Waals surface area contributed by atoms with Crippen molar-refractivity contribution in [1.29, 1.82) is 0 Å². The van der Waals surface area contributed by atoms with E-state index in [1.165, 1.54) is 27.9 Å². The second-order valence-electron chi connectivity index (χ2n) is 5.98.